The Labute approximate surface area is 146 Å². The molecule has 0 radical (unpaired) electrons. The SMILES string of the molecule is C=CC(=O)O.C=CC(=O)O.C=CC(=O)O.CCCCCCC(O)(O)O. The van der Waals surface area contributed by atoms with Gasteiger partial charge in [-0.3, -0.25) is 0 Å². The second-order valence-corrected chi connectivity index (χ2v) is 4.21. The van der Waals surface area contributed by atoms with Crippen molar-refractivity contribution < 1.29 is 45.0 Å². The molecule has 146 valence electrons. The van der Waals surface area contributed by atoms with E-state index in [-0.39, 0.29) is 6.42 Å². The predicted octanol–water partition coefficient (Wildman–Crippen LogP) is 1.36. The first kappa shape index (κ1) is 30.4. The third-order valence-electron chi connectivity index (χ3n) is 1.89. The van der Waals surface area contributed by atoms with Crippen molar-refractivity contribution in [3.05, 3.63) is 38.0 Å². The van der Waals surface area contributed by atoms with Crippen molar-refractivity contribution in [2.45, 2.75) is 45.0 Å². The van der Waals surface area contributed by atoms with E-state index in [4.69, 9.17) is 30.6 Å². The zero-order chi connectivity index (χ0) is 20.9. The largest absolute Gasteiger partial charge is 0.478 e. The van der Waals surface area contributed by atoms with Crippen LogP contribution in [0.4, 0.5) is 0 Å². The van der Waals surface area contributed by atoms with Gasteiger partial charge in [-0.2, -0.15) is 0 Å². The molecular formula is C16H28O9. The second kappa shape index (κ2) is 21.5. The molecule has 0 saturated heterocycles. The van der Waals surface area contributed by atoms with Crippen LogP contribution in [-0.4, -0.2) is 54.5 Å². The first-order valence-corrected chi connectivity index (χ1v) is 7.11. The van der Waals surface area contributed by atoms with E-state index in [0.717, 1.165) is 37.5 Å². The monoisotopic (exact) mass is 364 g/mol. The van der Waals surface area contributed by atoms with E-state index in [1.54, 1.807) is 0 Å². The molecular weight excluding hydrogens is 336 g/mol. The molecule has 0 aromatic heterocycles. The maximum Gasteiger partial charge on any atom is 0.327 e. The number of hydrogen-bond acceptors (Lipinski definition) is 6. The Kier molecular flexibility index (Phi) is 26.2. The minimum Gasteiger partial charge on any atom is -0.478 e. The molecule has 0 bridgehead atoms. The summed E-state index contributed by atoms with van der Waals surface area (Å²) in [6.45, 7) is 11.0. The van der Waals surface area contributed by atoms with Gasteiger partial charge in [0.25, 0.3) is 5.97 Å². The number of unbranched alkanes of at least 4 members (excludes halogenated alkanes) is 3. The molecule has 0 aliphatic rings. The average molecular weight is 364 g/mol. The summed E-state index contributed by atoms with van der Waals surface area (Å²) in [5.41, 5.74) is 0. The quantitative estimate of drug-likeness (QED) is 0.211. The van der Waals surface area contributed by atoms with Crippen LogP contribution in [0.15, 0.2) is 38.0 Å². The van der Waals surface area contributed by atoms with Crippen molar-refractivity contribution in [1.29, 1.82) is 0 Å². The smallest absolute Gasteiger partial charge is 0.327 e. The predicted molar refractivity (Wildman–Crippen MR) is 91.6 cm³/mol. The van der Waals surface area contributed by atoms with Crippen molar-refractivity contribution in [2.75, 3.05) is 0 Å². The zero-order valence-electron chi connectivity index (χ0n) is 14.3. The molecule has 0 spiro atoms. The van der Waals surface area contributed by atoms with E-state index in [1.165, 1.54) is 0 Å². The van der Waals surface area contributed by atoms with Crippen LogP contribution >= 0.6 is 0 Å². The lowest BCUT2D eigenvalue weighted by atomic mass is 10.1. The van der Waals surface area contributed by atoms with E-state index < -0.39 is 23.9 Å². The Morgan fingerprint density at radius 3 is 1.20 bits per heavy atom. The molecule has 0 rings (SSSR count). The van der Waals surface area contributed by atoms with Crippen LogP contribution in [0.5, 0.6) is 0 Å². The van der Waals surface area contributed by atoms with Crippen LogP contribution in [0.3, 0.4) is 0 Å². The summed E-state index contributed by atoms with van der Waals surface area (Å²) in [7, 11) is 0. The molecule has 0 fully saturated rings. The van der Waals surface area contributed by atoms with Crippen molar-refractivity contribution in [2.24, 2.45) is 0 Å². The van der Waals surface area contributed by atoms with Gasteiger partial charge in [0.2, 0.25) is 0 Å². The van der Waals surface area contributed by atoms with Crippen molar-refractivity contribution in [3.63, 3.8) is 0 Å². The summed E-state index contributed by atoms with van der Waals surface area (Å²) in [5, 5.41) is 48.1. The highest BCUT2D eigenvalue weighted by Crippen LogP contribution is 2.09. The second-order valence-electron chi connectivity index (χ2n) is 4.21. The summed E-state index contributed by atoms with van der Waals surface area (Å²) in [4.78, 5) is 27.8. The zero-order valence-corrected chi connectivity index (χ0v) is 14.3. The Morgan fingerprint density at radius 1 is 0.760 bits per heavy atom. The molecule has 9 nitrogen and oxygen atoms in total. The minimum atomic E-state index is -2.45. The number of rotatable bonds is 8. The van der Waals surface area contributed by atoms with Crippen LogP contribution in [-0.2, 0) is 14.4 Å². The van der Waals surface area contributed by atoms with Gasteiger partial charge in [-0.1, -0.05) is 45.9 Å². The summed E-state index contributed by atoms with van der Waals surface area (Å²) in [5.74, 6) is -5.40. The van der Waals surface area contributed by atoms with Gasteiger partial charge >= 0.3 is 17.9 Å². The number of carboxylic acid groups (broad SMARTS) is 3. The summed E-state index contributed by atoms with van der Waals surface area (Å²) < 4.78 is 0. The van der Waals surface area contributed by atoms with Gasteiger partial charge in [-0.05, 0) is 6.42 Å². The molecule has 0 aliphatic heterocycles. The van der Waals surface area contributed by atoms with Crippen molar-refractivity contribution in [1.82, 2.24) is 0 Å². The summed E-state index contributed by atoms with van der Waals surface area (Å²) in [6, 6.07) is 0. The molecule has 0 heterocycles. The molecule has 0 amide bonds. The first-order chi connectivity index (χ1) is 11.4. The molecule has 9 heteroatoms. The topological polar surface area (TPSA) is 173 Å². The van der Waals surface area contributed by atoms with E-state index in [9.17, 15) is 14.4 Å². The fraction of sp³-hybridized carbons (Fsp3) is 0.438. The number of carboxylic acids is 3. The third kappa shape index (κ3) is 74.1. The van der Waals surface area contributed by atoms with Gasteiger partial charge in [-0.15, -0.1) is 0 Å². The lowest BCUT2D eigenvalue weighted by Gasteiger charge is -2.12. The lowest BCUT2D eigenvalue weighted by molar-refractivity contribution is -0.315. The Balaban J connectivity index is -0.000000126. The Bertz CT molecular complexity index is 352. The fourth-order valence-electron chi connectivity index (χ4n) is 0.789. The van der Waals surface area contributed by atoms with Gasteiger partial charge in [-0.25, -0.2) is 14.4 Å². The summed E-state index contributed by atoms with van der Waals surface area (Å²) >= 11 is 0. The van der Waals surface area contributed by atoms with Crippen LogP contribution in [0.2, 0.25) is 0 Å². The number of carbonyl (C=O) groups is 3. The minimum absolute atomic E-state index is 0.0486. The molecule has 25 heavy (non-hydrogen) atoms. The van der Waals surface area contributed by atoms with Crippen LogP contribution < -0.4 is 0 Å². The first-order valence-electron chi connectivity index (χ1n) is 7.11. The lowest BCUT2D eigenvalue weighted by Crippen LogP contribution is -2.26. The van der Waals surface area contributed by atoms with E-state index in [1.807, 2.05) is 0 Å². The van der Waals surface area contributed by atoms with Crippen LogP contribution in [0.25, 0.3) is 0 Å². The molecule has 0 aromatic carbocycles. The maximum absolute atomic E-state index is 9.25. The van der Waals surface area contributed by atoms with Gasteiger partial charge in [0.1, 0.15) is 0 Å². The number of hydrogen-bond donors (Lipinski definition) is 6. The Morgan fingerprint density at radius 2 is 1.04 bits per heavy atom. The standard InChI is InChI=1S/C7H16O3.3C3H4O2/c1-2-3-4-5-6-7(8,9)10;3*1-2-3(4)5/h8-10H,2-6H2,1H3;3*2H,1H2,(H,4,5). The van der Waals surface area contributed by atoms with Gasteiger partial charge < -0.3 is 30.6 Å². The highest BCUT2D eigenvalue weighted by atomic mass is 16.7. The highest BCUT2D eigenvalue weighted by Gasteiger charge is 2.15. The number of aliphatic carboxylic acids is 3. The molecule has 6 N–H and O–H groups in total. The molecule has 0 aliphatic carbocycles. The maximum atomic E-state index is 9.25. The molecule has 0 atom stereocenters. The van der Waals surface area contributed by atoms with E-state index >= 15 is 0 Å². The third-order valence-corrected chi connectivity index (χ3v) is 1.89. The molecule has 0 unspecified atom stereocenters. The number of aliphatic hydroxyl groups is 3. The highest BCUT2D eigenvalue weighted by molar-refractivity contribution is 5.79. The van der Waals surface area contributed by atoms with Crippen LogP contribution in [0.1, 0.15) is 39.0 Å². The van der Waals surface area contributed by atoms with Crippen molar-refractivity contribution in [3.8, 4) is 0 Å². The Hall–Kier alpha value is -2.49. The van der Waals surface area contributed by atoms with E-state index in [0.29, 0.717) is 6.42 Å². The van der Waals surface area contributed by atoms with Gasteiger partial charge in [0, 0.05) is 24.6 Å². The van der Waals surface area contributed by atoms with Crippen LogP contribution in [0, 0.1) is 0 Å². The normalized spacial score (nSPS) is 8.64. The molecule has 0 aromatic rings. The van der Waals surface area contributed by atoms with E-state index in [2.05, 4.69) is 26.7 Å². The summed E-state index contributed by atoms with van der Waals surface area (Å²) in [6.07, 6.45) is 6.34. The molecule has 0 saturated carbocycles. The van der Waals surface area contributed by atoms with Gasteiger partial charge in [0.15, 0.2) is 0 Å². The average Bonchev–Trinajstić information content (AvgIpc) is 2.52. The van der Waals surface area contributed by atoms with Crippen molar-refractivity contribution >= 4 is 17.9 Å². The van der Waals surface area contributed by atoms with Gasteiger partial charge in [0.05, 0.1) is 0 Å². The fourth-order valence-corrected chi connectivity index (χ4v) is 0.789.